The topological polar surface area (TPSA) is 79.5 Å². The van der Waals surface area contributed by atoms with E-state index in [9.17, 15) is 9.59 Å². The molecule has 0 spiro atoms. The molecule has 1 aromatic heterocycles. The van der Waals surface area contributed by atoms with Crippen molar-refractivity contribution in [3.63, 3.8) is 0 Å². The van der Waals surface area contributed by atoms with Crippen molar-refractivity contribution in [3.8, 4) is 11.3 Å². The second kappa shape index (κ2) is 6.19. The SMILES string of the molecule is O=C1NC(=S)S/C1=C/c1ccc(-c2cc(C(=O)O)ccc2Cl)o1. The van der Waals surface area contributed by atoms with Crippen LogP contribution in [0.2, 0.25) is 5.02 Å². The molecule has 2 N–H and O–H groups in total. The molecule has 0 radical (unpaired) electrons. The van der Waals surface area contributed by atoms with E-state index in [1.165, 1.54) is 18.2 Å². The van der Waals surface area contributed by atoms with Gasteiger partial charge in [0.2, 0.25) is 0 Å². The molecule has 1 aliphatic heterocycles. The molecule has 0 bridgehead atoms. The number of thiocarbonyl (C=S) groups is 1. The Balaban J connectivity index is 1.95. The Kier molecular flexibility index (Phi) is 4.25. The molecule has 116 valence electrons. The van der Waals surface area contributed by atoms with Crippen molar-refractivity contribution >= 4 is 57.9 Å². The summed E-state index contributed by atoms with van der Waals surface area (Å²) in [5.74, 6) is -0.469. The molecule has 0 saturated carbocycles. The first-order chi connectivity index (χ1) is 10.9. The lowest BCUT2D eigenvalue weighted by Crippen LogP contribution is -2.17. The average molecular weight is 366 g/mol. The van der Waals surface area contributed by atoms with Crippen LogP contribution in [0.4, 0.5) is 0 Å². The fraction of sp³-hybridized carbons (Fsp3) is 0. The number of furan rings is 1. The predicted molar refractivity (Wildman–Crippen MR) is 92.4 cm³/mol. The van der Waals surface area contributed by atoms with Gasteiger partial charge in [0.1, 0.15) is 15.8 Å². The zero-order chi connectivity index (χ0) is 16.6. The normalized spacial score (nSPS) is 16.0. The highest BCUT2D eigenvalue weighted by Gasteiger charge is 2.22. The minimum Gasteiger partial charge on any atom is -0.478 e. The second-order valence-corrected chi connectivity index (χ2v) is 6.68. The first kappa shape index (κ1) is 15.8. The molecule has 1 amide bonds. The first-order valence-corrected chi connectivity index (χ1v) is 7.92. The van der Waals surface area contributed by atoms with Gasteiger partial charge in [0, 0.05) is 11.6 Å². The number of carbonyl (C=O) groups excluding carboxylic acids is 1. The van der Waals surface area contributed by atoms with E-state index >= 15 is 0 Å². The first-order valence-electron chi connectivity index (χ1n) is 6.32. The Hall–Kier alpha value is -2.09. The van der Waals surface area contributed by atoms with Crippen molar-refractivity contribution in [2.75, 3.05) is 0 Å². The lowest BCUT2D eigenvalue weighted by molar-refractivity contribution is -0.115. The molecule has 3 rings (SSSR count). The van der Waals surface area contributed by atoms with Gasteiger partial charge in [-0.25, -0.2) is 4.79 Å². The van der Waals surface area contributed by atoms with Gasteiger partial charge in [0.05, 0.1) is 15.5 Å². The number of hydrogen-bond donors (Lipinski definition) is 2. The summed E-state index contributed by atoms with van der Waals surface area (Å²) in [5.41, 5.74) is 0.576. The third kappa shape index (κ3) is 3.31. The monoisotopic (exact) mass is 365 g/mol. The molecule has 1 aliphatic rings. The lowest BCUT2D eigenvalue weighted by atomic mass is 10.1. The van der Waals surface area contributed by atoms with Crippen molar-refractivity contribution in [3.05, 3.63) is 51.6 Å². The largest absolute Gasteiger partial charge is 0.478 e. The van der Waals surface area contributed by atoms with Crippen molar-refractivity contribution in [2.45, 2.75) is 0 Å². The maximum absolute atomic E-state index is 11.6. The molecule has 5 nitrogen and oxygen atoms in total. The quantitative estimate of drug-likeness (QED) is 0.636. The van der Waals surface area contributed by atoms with Gasteiger partial charge in [-0.1, -0.05) is 35.6 Å². The number of aromatic carboxylic acids is 1. The molecule has 0 unspecified atom stereocenters. The Bertz CT molecular complexity index is 872. The molecular formula is C15H8ClNO4S2. The zero-order valence-electron chi connectivity index (χ0n) is 11.3. The van der Waals surface area contributed by atoms with E-state index in [1.807, 2.05) is 0 Å². The van der Waals surface area contributed by atoms with Gasteiger partial charge in [-0.2, -0.15) is 0 Å². The molecule has 1 fully saturated rings. The van der Waals surface area contributed by atoms with E-state index in [2.05, 4.69) is 5.32 Å². The highest BCUT2D eigenvalue weighted by molar-refractivity contribution is 8.26. The third-order valence-electron chi connectivity index (χ3n) is 3.02. The number of rotatable bonds is 3. The number of carboxylic acids is 1. The average Bonchev–Trinajstić information content (AvgIpc) is 3.06. The van der Waals surface area contributed by atoms with Gasteiger partial charge < -0.3 is 14.8 Å². The molecule has 1 saturated heterocycles. The van der Waals surface area contributed by atoms with Crippen LogP contribution in [0.15, 0.2) is 39.7 Å². The summed E-state index contributed by atoms with van der Waals surface area (Å²) in [5, 5.41) is 11.9. The van der Waals surface area contributed by atoms with Crippen molar-refractivity contribution in [1.82, 2.24) is 5.32 Å². The predicted octanol–water partition coefficient (Wildman–Crippen LogP) is 3.79. The van der Waals surface area contributed by atoms with Gasteiger partial charge in [0.25, 0.3) is 5.91 Å². The fourth-order valence-corrected chi connectivity index (χ4v) is 3.21. The number of carbonyl (C=O) groups is 2. The lowest BCUT2D eigenvalue weighted by Gasteiger charge is -2.02. The maximum Gasteiger partial charge on any atom is 0.335 e. The van der Waals surface area contributed by atoms with Gasteiger partial charge in [-0.15, -0.1) is 0 Å². The second-order valence-electron chi connectivity index (χ2n) is 4.55. The summed E-state index contributed by atoms with van der Waals surface area (Å²) in [7, 11) is 0. The summed E-state index contributed by atoms with van der Waals surface area (Å²) in [6.45, 7) is 0. The summed E-state index contributed by atoms with van der Waals surface area (Å²) >= 11 is 12.2. The summed E-state index contributed by atoms with van der Waals surface area (Å²) in [6.07, 6.45) is 1.57. The Morgan fingerprint density at radius 2 is 2.13 bits per heavy atom. The minimum absolute atomic E-state index is 0.108. The molecule has 23 heavy (non-hydrogen) atoms. The smallest absolute Gasteiger partial charge is 0.335 e. The summed E-state index contributed by atoms with van der Waals surface area (Å²) in [4.78, 5) is 23.1. The highest BCUT2D eigenvalue weighted by atomic mass is 35.5. The van der Waals surface area contributed by atoms with Crippen molar-refractivity contribution in [2.24, 2.45) is 0 Å². The van der Waals surface area contributed by atoms with Crippen LogP contribution < -0.4 is 5.32 Å². The summed E-state index contributed by atoms with van der Waals surface area (Å²) < 4.78 is 6.03. The molecule has 1 aromatic carbocycles. The van der Waals surface area contributed by atoms with E-state index in [-0.39, 0.29) is 11.5 Å². The number of nitrogens with one attached hydrogen (secondary N) is 1. The molecule has 2 aromatic rings. The standard InChI is InChI=1S/C15H8ClNO4S2/c16-10-3-1-7(14(19)20)5-9(10)11-4-2-8(21-11)6-12-13(18)17-15(22)23-12/h1-6H,(H,19,20)(H,17,18,22)/b12-6+. The van der Waals surface area contributed by atoms with Crippen LogP contribution in [0.1, 0.15) is 16.1 Å². The molecule has 0 aliphatic carbocycles. The van der Waals surface area contributed by atoms with Crippen LogP contribution in [0.25, 0.3) is 17.4 Å². The van der Waals surface area contributed by atoms with E-state index in [0.717, 1.165) is 11.8 Å². The summed E-state index contributed by atoms with van der Waals surface area (Å²) in [6, 6.07) is 7.68. The van der Waals surface area contributed by atoms with Crippen molar-refractivity contribution < 1.29 is 19.1 Å². The third-order valence-corrected chi connectivity index (χ3v) is 4.51. The Labute approximate surface area is 145 Å². The van der Waals surface area contributed by atoms with Crippen LogP contribution in [0.3, 0.4) is 0 Å². The fourth-order valence-electron chi connectivity index (χ4n) is 1.97. The Morgan fingerprint density at radius 3 is 2.78 bits per heavy atom. The number of hydrogen-bond acceptors (Lipinski definition) is 5. The van der Waals surface area contributed by atoms with E-state index < -0.39 is 5.97 Å². The molecular weight excluding hydrogens is 358 g/mol. The molecule has 2 heterocycles. The number of benzene rings is 1. The highest BCUT2D eigenvalue weighted by Crippen LogP contribution is 2.32. The van der Waals surface area contributed by atoms with E-state index in [1.54, 1.807) is 18.2 Å². The van der Waals surface area contributed by atoms with Gasteiger partial charge in [-0.3, -0.25) is 4.79 Å². The Morgan fingerprint density at radius 1 is 1.35 bits per heavy atom. The number of carboxylic acid groups (broad SMARTS) is 1. The number of halogens is 1. The maximum atomic E-state index is 11.6. The van der Waals surface area contributed by atoms with Crippen LogP contribution in [0, 0.1) is 0 Å². The molecule has 8 heteroatoms. The number of amides is 1. The van der Waals surface area contributed by atoms with Crippen molar-refractivity contribution in [1.29, 1.82) is 0 Å². The van der Waals surface area contributed by atoms with Gasteiger partial charge in [-0.05, 0) is 30.3 Å². The number of thioether (sulfide) groups is 1. The zero-order valence-corrected chi connectivity index (χ0v) is 13.7. The minimum atomic E-state index is -1.05. The van der Waals surface area contributed by atoms with E-state index in [4.69, 9.17) is 33.3 Å². The molecule has 0 atom stereocenters. The van der Waals surface area contributed by atoms with E-state index in [0.29, 0.717) is 31.3 Å². The van der Waals surface area contributed by atoms with Crippen LogP contribution >= 0.6 is 35.6 Å². The van der Waals surface area contributed by atoms with Crippen LogP contribution in [-0.4, -0.2) is 21.3 Å². The van der Waals surface area contributed by atoms with Crippen LogP contribution in [-0.2, 0) is 4.79 Å². The van der Waals surface area contributed by atoms with Gasteiger partial charge in [0.15, 0.2) is 0 Å². The van der Waals surface area contributed by atoms with Crippen LogP contribution in [0.5, 0.6) is 0 Å². The van der Waals surface area contributed by atoms with Gasteiger partial charge >= 0.3 is 5.97 Å².